The summed E-state index contributed by atoms with van der Waals surface area (Å²) >= 11 is 0. The summed E-state index contributed by atoms with van der Waals surface area (Å²) in [7, 11) is 0. The van der Waals surface area contributed by atoms with Crippen LogP contribution in [-0.2, 0) is 17.6 Å². The second-order valence-corrected chi connectivity index (χ2v) is 8.01. The van der Waals surface area contributed by atoms with Crippen molar-refractivity contribution in [2.24, 2.45) is 11.0 Å². The van der Waals surface area contributed by atoms with E-state index in [2.05, 4.69) is 15.3 Å². The SMILES string of the molecule is [N-]=[N+]=N[C@@H](Cc1ccccc1)[C@H](Cc1ccccc1)NC(=O)OCC1CCCCC1. The van der Waals surface area contributed by atoms with Gasteiger partial charge in [-0.15, -0.1) is 0 Å². The van der Waals surface area contributed by atoms with E-state index >= 15 is 0 Å². The monoisotopic (exact) mass is 406 g/mol. The summed E-state index contributed by atoms with van der Waals surface area (Å²) in [4.78, 5) is 15.6. The van der Waals surface area contributed by atoms with E-state index in [1.165, 1.54) is 19.3 Å². The normalized spacial score (nSPS) is 16.1. The van der Waals surface area contributed by atoms with E-state index in [0.29, 0.717) is 25.4 Å². The minimum absolute atomic E-state index is 0.359. The third-order valence-electron chi connectivity index (χ3n) is 5.73. The van der Waals surface area contributed by atoms with Crippen LogP contribution in [0.15, 0.2) is 65.8 Å². The smallest absolute Gasteiger partial charge is 0.407 e. The summed E-state index contributed by atoms with van der Waals surface area (Å²) in [6.45, 7) is 0.453. The molecule has 30 heavy (non-hydrogen) atoms. The maximum absolute atomic E-state index is 12.6. The Kier molecular flexibility index (Phi) is 8.61. The topological polar surface area (TPSA) is 87.1 Å². The molecule has 0 bridgehead atoms. The summed E-state index contributed by atoms with van der Waals surface area (Å²) in [5.41, 5.74) is 11.3. The molecule has 3 rings (SSSR count). The lowest BCUT2D eigenvalue weighted by molar-refractivity contribution is 0.111. The fourth-order valence-electron chi connectivity index (χ4n) is 4.08. The van der Waals surface area contributed by atoms with Gasteiger partial charge in [0, 0.05) is 11.0 Å². The molecule has 1 amide bonds. The predicted molar refractivity (Wildman–Crippen MR) is 118 cm³/mol. The van der Waals surface area contributed by atoms with Crippen LogP contribution < -0.4 is 5.32 Å². The van der Waals surface area contributed by atoms with Gasteiger partial charge in [-0.25, -0.2) is 4.79 Å². The molecular formula is C24H30N4O2. The van der Waals surface area contributed by atoms with Gasteiger partial charge in [-0.3, -0.25) is 0 Å². The van der Waals surface area contributed by atoms with Crippen molar-refractivity contribution in [3.8, 4) is 0 Å². The van der Waals surface area contributed by atoms with Crippen LogP contribution >= 0.6 is 0 Å². The number of azide groups is 1. The summed E-state index contributed by atoms with van der Waals surface area (Å²) in [5.74, 6) is 0.453. The van der Waals surface area contributed by atoms with Gasteiger partial charge >= 0.3 is 6.09 Å². The molecule has 158 valence electrons. The van der Waals surface area contributed by atoms with Crippen LogP contribution in [0.2, 0.25) is 0 Å². The standard InChI is InChI=1S/C24H30N4O2/c25-28-27-23(17-20-12-6-2-7-13-20)22(16-19-10-4-1-5-11-19)26-24(29)30-18-21-14-8-3-9-15-21/h1-2,4-7,10-13,21-23H,3,8-9,14-18H2,(H,26,29)/t22-,23-/m0/s1. The Morgan fingerprint density at radius 3 is 2.20 bits per heavy atom. The first-order chi connectivity index (χ1) is 14.7. The van der Waals surface area contributed by atoms with Gasteiger partial charge in [0.1, 0.15) is 0 Å². The number of rotatable bonds is 9. The maximum Gasteiger partial charge on any atom is 0.407 e. The minimum Gasteiger partial charge on any atom is -0.449 e. The molecule has 1 saturated carbocycles. The first-order valence-corrected chi connectivity index (χ1v) is 10.8. The number of nitrogens with one attached hydrogen (secondary N) is 1. The summed E-state index contributed by atoms with van der Waals surface area (Å²) in [6.07, 6.45) is 6.61. The average molecular weight is 407 g/mol. The van der Waals surface area contributed by atoms with E-state index in [1.807, 2.05) is 60.7 Å². The lowest BCUT2D eigenvalue weighted by atomic mass is 9.90. The van der Waals surface area contributed by atoms with Crippen molar-refractivity contribution in [3.63, 3.8) is 0 Å². The van der Waals surface area contributed by atoms with E-state index in [-0.39, 0.29) is 6.04 Å². The van der Waals surface area contributed by atoms with Crippen molar-refractivity contribution in [3.05, 3.63) is 82.2 Å². The van der Waals surface area contributed by atoms with Gasteiger partial charge in [-0.05, 0) is 48.3 Å². The second kappa shape index (κ2) is 11.9. The quantitative estimate of drug-likeness (QED) is 0.323. The maximum atomic E-state index is 12.6. The Labute approximate surface area is 178 Å². The Morgan fingerprint density at radius 1 is 1.00 bits per heavy atom. The van der Waals surface area contributed by atoms with Crippen molar-refractivity contribution >= 4 is 6.09 Å². The molecule has 1 N–H and O–H groups in total. The molecule has 0 aromatic heterocycles. The zero-order valence-electron chi connectivity index (χ0n) is 17.3. The van der Waals surface area contributed by atoms with Gasteiger partial charge in [0.05, 0.1) is 12.6 Å². The van der Waals surface area contributed by atoms with Gasteiger partial charge in [0.15, 0.2) is 0 Å². The predicted octanol–water partition coefficient (Wildman–Crippen LogP) is 5.83. The number of alkyl carbamates (subject to hydrolysis) is 1. The molecule has 6 nitrogen and oxygen atoms in total. The summed E-state index contributed by atoms with van der Waals surface area (Å²) in [6, 6.07) is 19.0. The third kappa shape index (κ3) is 7.12. The lowest BCUT2D eigenvalue weighted by Crippen LogP contribution is -2.45. The van der Waals surface area contributed by atoms with Gasteiger partial charge < -0.3 is 10.1 Å². The number of hydrogen-bond acceptors (Lipinski definition) is 3. The first kappa shape index (κ1) is 21.7. The van der Waals surface area contributed by atoms with Crippen LogP contribution in [0.4, 0.5) is 4.79 Å². The fourth-order valence-corrected chi connectivity index (χ4v) is 4.08. The summed E-state index contributed by atoms with van der Waals surface area (Å²) < 4.78 is 5.54. The molecule has 2 aromatic carbocycles. The average Bonchev–Trinajstić information content (AvgIpc) is 2.79. The van der Waals surface area contributed by atoms with Crippen LogP contribution in [0, 0.1) is 5.92 Å². The number of carbonyl (C=O) groups is 1. The van der Waals surface area contributed by atoms with E-state index in [0.717, 1.165) is 24.0 Å². The number of carbonyl (C=O) groups excluding carboxylic acids is 1. The van der Waals surface area contributed by atoms with Crippen molar-refractivity contribution in [2.45, 2.75) is 57.0 Å². The van der Waals surface area contributed by atoms with Crippen molar-refractivity contribution in [2.75, 3.05) is 6.61 Å². The third-order valence-corrected chi connectivity index (χ3v) is 5.73. The van der Waals surface area contributed by atoms with Crippen molar-refractivity contribution < 1.29 is 9.53 Å². The molecule has 0 radical (unpaired) electrons. The first-order valence-electron chi connectivity index (χ1n) is 10.8. The van der Waals surface area contributed by atoms with Crippen LogP contribution in [0.3, 0.4) is 0 Å². The zero-order valence-corrected chi connectivity index (χ0v) is 17.3. The molecule has 0 saturated heterocycles. The molecule has 2 atom stereocenters. The van der Waals surface area contributed by atoms with Crippen LogP contribution in [0.5, 0.6) is 0 Å². The highest BCUT2D eigenvalue weighted by molar-refractivity contribution is 5.67. The molecule has 0 unspecified atom stereocenters. The highest BCUT2D eigenvalue weighted by Gasteiger charge is 2.25. The summed E-state index contributed by atoms with van der Waals surface area (Å²) in [5, 5.41) is 7.01. The number of amides is 1. The second-order valence-electron chi connectivity index (χ2n) is 8.01. The van der Waals surface area contributed by atoms with Crippen LogP contribution in [0.1, 0.15) is 43.2 Å². The van der Waals surface area contributed by atoms with Crippen LogP contribution in [-0.4, -0.2) is 24.8 Å². The molecule has 1 aliphatic rings. The molecule has 1 aliphatic carbocycles. The highest BCUT2D eigenvalue weighted by Crippen LogP contribution is 2.23. The Bertz CT molecular complexity index is 816. The molecule has 0 spiro atoms. The lowest BCUT2D eigenvalue weighted by Gasteiger charge is -2.26. The Morgan fingerprint density at radius 2 is 1.60 bits per heavy atom. The van der Waals surface area contributed by atoms with Crippen molar-refractivity contribution in [1.82, 2.24) is 5.32 Å². The molecule has 6 heteroatoms. The molecule has 2 aromatic rings. The Balaban J connectivity index is 1.68. The minimum atomic E-state index is -0.437. The van der Waals surface area contributed by atoms with Gasteiger partial charge in [-0.2, -0.15) is 0 Å². The van der Waals surface area contributed by atoms with Gasteiger partial charge in [0.25, 0.3) is 0 Å². The number of ether oxygens (including phenoxy) is 1. The fraction of sp³-hybridized carbons (Fsp3) is 0.458. The van der Waals surface area contributed by atoms with E-state index in [4.69, 9.17) is 10.3 Å². The van der Waals surface area contributed by atoms with Crippen molar-refractivity contribution in [1.29, 1.82) is 0 Å². The molecular weight excluding hydrogens is 376 g/mol. The number of nitrogens with zero attached hydrogens (tertiary/aromatic N) is 3. The molecule has 1 fully saturated rings. The highest BCUT2D eigenvalue weighted by atomic mass is 16.5. The number of benzene rings is 2. The van der Waals surface area contributed by atoms with E-state index < -0.39 is 12.1 Å². The van der Waals surface area contributed by atoms with E-state index in [1.54, 1.807) is 0 Å². The van der Waals surface area contributed by atoms with Crippen LogP contribution in [0.25, 0.3) is 10.4 Å². The van der Waals surface area contributed by atoms with Gasteiger partial charge in [-0.1, -0.05) is 85.0 Å². The molecule has 0 aliphatic heterocycles. The number of hydrogen-bond donors (Lipinski definition) is 1. The largest absolute Gasteiger partial charge is 0.449 e. The zero-order chi connectivity index (χ0) is 21.0. The van der Waals surface area contributed by atoms with Gasteiger partial charge in [0.2, 0.25) is 0 Å². The Hall–Kier alpha value is -2.98. The molecule has 0 heterocycles. The van der Waals surface area contributed by atoms with E-state index in [9.17, 15) is 4.79 Å².